The Labute approximate surface area is 129 Å². The maximum atomic E-state index is 12.3. The van der Waals surface area contributed by atoms with Crippen LogP contribution in [-0.4, -0.2) is 21.1 Å². The van der Waals surface area contributed by atoms with E-state index in [1.807, 2.05) is 30.3 Å². The van der Waals surface area contributed by atoms with E-state index in [1.54, 1.807) is 12.1 Å². The molecule has 0 aromatic heterocycles. The molecule has 1 aliphatic heterocycles. The van der Waals surface area contributed by atoms with Crippen LogP contribution in [0.2, 0.25) is 0 Å². The van der Waals surface area contributed by atoms with Gasteiger partial charge in [0.25, 0.3) is 0 Å². The molecule has 5 nitrogen and oxygen atoms in total. The summed E-state index contributed by atoms with van der Waals surface area (Å²) in [5, 5.41) is 8.85. The van der Waals surface area contributed by atoms with Gasteiger partial charge in [0.1, 0.15) is 11.9 Å². The van der Waals surface area contributed by atoms with E-state index in [1.165, 1.54) is 12.1 Å². The van der Waals surface area contributed by atoms with Crippen LogP contribution < -0.4 is 9.46 Å². The Hall–Kier alpha value is -2.36. The number of fused-ring (bicyclic) bond motifs is 1. The molecule has 0 aliphatic carbocycles. The summed E-state index contributed by atoms with van der Waals surface area (Å²) in [6.45, 7) is 0.188. The molecule has 0 fully saturated rings. The van der Waals surface area contributed by atoms with Gasteiger partial charge in [-0.3, -0.25) is 0 Å². The molecule has 22 heavy (non-hydrogen) atoms. The average molecular weight is 314 g/mol. The Morgan fingerprint density at radius 1 is 1.23 bits per heavy atom. The van der Waals surface area contributed by atoms with Crippen LogP contribution in [0.15, 0.2) is 53.4 Å². The van der Waals surface area contributed by atoms with Crippen molar-refractivity contribution in [2.45, 2.75) is 17.4 Å². The van der Waals surface area contributed by atoms with Crippen molar-refractivity contribution in [1.82, 2.24) is 4.72 Å². The zero-order valence-corrected chi connectivity index (χ0v) is 12.5. The number of sulfonamides is 1. The molecule has 0 saturated heterocycles. The van der Waals surface area contributed by atoms with E-state index in [2.05, 4.69) is 4.72 Å². The van der Waals surface area contributed by atoms with Crippen LogP contribution in [0.25, 0.3) is 0 Å². The first kappa shape index (κ1) is 14.6. The molecule has 6 heteroatoms. The largest absolute Gasteiger partial charge is 0.488 e. The van der Waals surface area contributed by atoms with Crippen LogP contribution in [0.4, 0.5) is 0 Å². The molecule has 2 aromatic carbocycles. The fourth-order valence-corrected chi connectivity index (χ4v) is 3.50. The molecule has 1 N–H and O–H groups in total. The van der Waals surface area contributed by atoms with Crippen molar-refractivity contribution < 1.29 is 13.2 Å². The molecule has 0 amide bonds. The molecule has 1 aliphatic rings. The Bertz CT molecular complexity index is 815. The number of ether oxygens (including phenoxy) is 1. The molecule has 0 bridgehead atoms. The predicted octanol–water partition coefficient (Wildman–Crippen LogP) is 1.84. The van der Waals surface area contributed by atoms with Gasteiger partial charge in [-0.15, -0.1) is 0 Å². The average Bonchev–Trinajstić information content (AvgIpc) is 2.96. The molecular formula is C16H14N2O3S. The third kappa shape index (κ3) is 2.96. The van der Waals surface area contributed by atoms with Crippen molar-refractivity contribution >= 4 is 10.0 Å². The molecular weight excluding hydrogens is 300 g/mol. The Morgan fingerprint density at radius 3 is 2.82 bits per heavy atom. The summed E-state index contributed by atoms with van der Waals surface area (Å²) in [5.74, 6) is 0.804. The van der Waals surface area contributed by atoms with Crippen molar-refractivity contribution in [3.05, 3.63) is 59.7 Å². The lowest BCUT2D eigenvalue weighted by molar-refractivity contribution is 0.236. The molecule has 2 aromatic rings. The Balaban J connectivity index is 1.68. The van der Waals surface area contributed by atoms with Crippen LogP contribution in [0.1, 0.15) is 11.1 Å². The monoisotopic (exact) mass is 314 g/mol. The van der Waals surface area contributed by atoms with Gasteiger partial charge in [0, 0.05) is 13.0 Å². The number of nitrogens with one attached hydrogen (secondary N) is 1. The maximum Gasteiger partial charge on any atom is 0.240 e. The van der Waals surface area contributed by atoms with Gasteiger partial charge < -0.3 is 4.74 Å². The van der Waals surface area contributed by atoms with Gasteiger partial charge in [-0.1, -0.05) is 24.3 Å². The quantitative estimate of drug-likeness (QED) is 0.934. The predicted molar refractivity (Wildman–Crippen MR) is 80.9 cm³/mol. The number of hydrogen-bond donors (Lipinski definition) is 1. The summed E-state index contributed by atoms with van der Waals surface area (Å²) >= 11 is 0. The normalized spacial score (nSPS) is 16.6. The van der Waals surface area contributed by atoms with Crippen molar-refractivity contribution in [3.8, 4) is 11.8 Å². The summed E-state index contributed by atoms with van der Waals surface area (Å²) in [6, 6.07) is 15.5. The smallest absolute Gasteiger partial charge is 0.240 e. The summed E-state index contributed by atoms with van der Waals surface area (Å²) in [7, 11) is -3.65. The zero-order chi connectivity index (χ0) is 15.6. The molecule has 0 radical (unpaired) electrons. The third-order valence-corrected chi connectivity index (χ3v) is 4.91. The lowest BCUT2D eigenvalue weighted by Crippen LogP contribution is -2.34. The van der Waals surface area contributed by atoms with Crippen molar-refractivity contribution in [3.63, 3.8) is 0 Å². The topological polar surface area (TPSA) is 79.2 Å². The first-order chi connectivity index (χ1) is 10.6. The maximum absolute atomic E-state index is 12.3. The van der Waals surface area contributed by atoms with Gasteiger partial charge in [-0.2, -0.15) is 5.26 Å². The van der Waals surface area contributed by atoms with Gasteiger partial charge in [0.05, 0.1) is 16.5 Å². The van der Waals surface area contributed by atoms with E-state index in [0.717, 1.165) is 11.3 Å². The number of nitrogens with zero attached hydrogens (tertiary/aromatic N) is 1. The van der Waals surface area contributed by atoms with Crippen LogP contribution in [0.3, 0.4) is 0 Å². The lowest BCUT2D eigenvalue weighted by atomic mass is 10.1. The number of para-hydroxylation sites is 1. The highest BCUT2D eigenvalue weighted by molar-refractivity contribution is 7.89. The van der Waals surface area contributed by atoms with E-state index in [9.17, 15) is 8.42 Å². The Morgan fingerprint density at radius 2 is 2.05 bits per heavy atom. The molecule has 1 heterocycles. The second kappa shape index (κ2) is 5.79. The Kier molecular flexibility index (Phi) is 3.84. The summed E-state index contributed by atoms with van der Waals surface area (Å²) in [5.41, 5.74) is 1.39. The molecule has 0 unspecified atom stereocenters. The van der Waals surface area contributed by atoms with Crippen LogP contribution in [-0.2, 0) is 16.4 Å². The fraction of sp³-hybridized carbons (Fsp3) is 0.188. The molecule has 3 rings (SSSR count). The van der Waals surface area contributed by atoms with E-state index < -0.39 is 10.0 Å². The number of nitriles is 1. The van der Waals surface area contributed by atoms with Gasteiger partial charge in [0.15, 0.2) is 0 Å². The minimum Gasteiger partial charge on any atom is -0.488 e. The SMILES string of the molecule is N#Cc1cccc(S(=O)(=O)NC[C@H]2Cc3ccccc3O2)c1. The standard InChI is InChI=1S/C16H14N2O3S/c17-10-12-4-3-6-15(8-12)22(19,20)18-11-14-9-13-5-1-2-7-16(13)21-14/h1-8,14,18H,9,11H2/t14-/m1/s1. The highest BCUT2D eigenvalue weighted by Gasteiger charge is 2.24. The lowest BCUT2D eigenvalue weighted by Gasteiger charge is -2.12. The second-order valence-corrected chi connectivity index (χ2v) is 6.81. The first-order valence-electron chi connectivity index (χ1n) is 6.83. The van der Waals surface area contributed by atoms with Crippen molar-refractivity contribution in [2.75, 3.05) is 6.54 Å². The minimum absolute atomic E-state index is 0.0852. The summed E-state index contributed by atoms with van der Waals surface area (Å²) in [6.07, 6.45) is 0.461. The van der Waals surface area contributed by atoms with E-state index in [0.29, 0.717) is 12.0 Å². The summed E-state index contributed by atoms with van der Waals surface area (Å²) in [4.78, 5) is 0.0852. The van der Waals surface area contributed by atoms with Crippen molar-refractivity contribution in [1.29, 1.82) is 5.26 Å². The van der Waals surface area contributed by atoms with Gasteiger partial charge >= 0.3 is 0 Å². The number of rotatable bonds is 4. The van der Waals surface area contributed by atoms with Gasteiger partial charge in [0.2, 0.25) is 10.0 Å². The van der Waals surface area contributed by atoms with E-state index >= 15 is 0 Å². The van der Waals surface area contributed by atoms with Crippen LogP contribution in [0.5, 0.6) is 5.75 Å². The van der Waals surface area contributed by atoms with Gasteiger partial charge in [-0.05, 0) is 29.8 Å². The minimum atomic E-state index is -3.65. The van der Waals surface area contributed by atoms with E-state index in [4.69, 9.17) is 10.00 Å². The van der Waals surface area contributed by atoms with Crippen LogP contribution >= 0.6 is 0 Å². The molecule has 0 spiro atoms. The third-order valence-electron chi connectivity index (χ3n) is 3.49. The highest BCUT2D eigenvalue weighted by atomic mass is 32.2. The highest BCUT2D eigenvalue weighted by Crippen LogP contribution is 2.27. The molecule has 112 valence electrons. The summed E-state index contributed by atoms with van der Waals surface area (Å²) < 4.78 is 32.8. The fourth-order valence-electron chi connectivity index (χ4n) is 2.39. The van der Waals surface area contributed by atoms with E-state index in [-0.39, 0.29) is 17.5 Å². The van der Waals surface area contributed by atoms with Crippen molar-refractivity contribution in [2.24, 2.45) is 0 Å². The van der Waals surface area contributed by atoms with Crippen LogP contribution in [0, 0.1) is 11.3 Å². The second-order valence-electron chi connectivity index (χ2n) is 5.04. The molecule has 0 saturated carbocycles. The zero-order valence-electron chi connectivity index (χ0n) is 11.7. The first-order valence-corrected chi connectivity index (χ1v) is 8.31. The van der Waals surface area contributed by atoms with Gasteiger partial charge in [-0.25, -0.2) is 13.1 Å². The number of benzene rings is 2. The number of hydrogen-bond acceptors (Lipinski definition) is 4. The molecule has 1 atom stereocenters.